The molecular formula is C30H29NO8. The van der Waals surface area contributed by atoms with E-state index in [4.69, 9.17) is 18.6 Å². The number of carbonyl (C=O) groups excluding carboxylic acids is 2. The van der Waals surface area contributed by atoms with Crippen molar-refractivity contribution in [1.82, 2.24) is 4.90 Å². The normalized spacial score (nSPS) is 23.6. The predicted octanol–water partition coefficient (Wildman–Crippen LogP) is 4.66. The summed E-state index contributed by atoms with van der Waals surface area (Å²) in [5.41, 5.74) is 1.63. The summed E-state index contributed by atoms with van der Waals surface area (Å²) in [5.74, 6) is -0.987. The zero-order valence-corrected chi connectivity index (χ0v) is 21.9. The number of fused-ring (bicyclic) bond motifs is 1. The lowest BCUT2D eigenvalue weighted by Crippen LogP contribution is -2.44. The Morgan fingerprint density at radius 2 is 1.64 bits per heavy atom. The molecule has 0 bridgehead atoms. The Hall–Kier alpha value is -4.27. The van der Waals surface area contributed by atoms with E-state index in [1.54, 1.807) is 69.5 Å². The number of ketones is 1. The second-order valence-electron chi connectivity index (χ2n) is 10.4. The first kappa shape index (κ1) is 25.0. The summed E-state index contributed by atoms with van der Waals surface area (Å²) < 4.78 is 22.1. The zero-order chi connectivity index (χ0) is 27.4. The lowest BCUT2D eigenvalue weighted by Gasteiger charge is -2.30. The number of aryl methyl sites for hydroxylation is 2. The highest BCUT2D eigenvalue weighted by Crippen LogP contribution is 2.54. The number of hydrogen-bond donors (Lipinski definition) is 1. The lowest BCUT2D eigenvalue weighted by atomic mass is 9.76. The van der Waals surface area contributed by atoms with Crippen LogP contribution in [0.25, 0.3) is 0 Å². The number of furan rings is 1. The fourth-order valence-electron chi connectivity index (χ4n) is 6.04. The summed E-state index contributed by atoms with van der Waals surface area (Å²) in [7, 11) is 1.55. The van der Waals surface area contributed by atoms with Gasteiger partial charge in [-0.2, -0.15) is 0 Å². The fourth-order valence-corrected chi connectivity index (χ4v) is 6.04. The van der Waals surface area contributed by atoms with E-state index in [0.717, 1.165) is 0 Å². The van der Waals surface area contributed by atoms with Gasteiger partial charge in [-0.05, 0) is 68.1 Å². The van der Waals surface area contributed by atoms with E-state index in [0.29, 0.717) is 58.3 Å². The number of amides is 1. The Kier molecular flexibility index (Phi) is 6.09. The van der Waals surface area contributed by atoms with Crippen molar-refractivity contribution in [3.63, 3.8) is 0 Å². The largest absolute Gasteiger partial charge is 0.497 e. The number of methoxy groups -OCH3 is 1. The van der Waals surface area contributed by atoms with Crippen LogP contribution in [0.2, 0.25) is 0 Å². The van der Waals surface area contributed by atoms with Crippen molar-refractivity contribution in [3.05, 3.63) is 76.7 Å². The van der Waals surface area contributed by atoms with Crippen LogP contribution in [0.15, 0.2) is 52.9 Å². The Bertz CT molecular complexity index is 1450. The number of Topliss-reactive ketones (excluding diaryl/α,β-unsaturated/α-hetero) is 1. The average Bonchev–Trinajstić information content (AvgIpc) is 3.42. The van der Waals surface area contributed by atoms with Gasteiger partial charge in [0, 0.05) is 11.8 Å². The van der Waals surface area contributed by atoms with Crippen molar-refractivity contribution < 1.29 is 38.1 Å². The smallest absolute Gasteiger partial charge is 0.327 e. The van der Waals surface area contributed by atoms with Crippen molar-refractivity contribution in [2.45, 2.75) is 44.7 Å². The maximum Gasteiger partial charge on any atom is 0.327 e. The summed E-state index contributed by atoms with van der Waals surface area (Å²) in [4.78, 5) is 42.8. The molecule has 3 heterocycles. The molecular weight excluding hydrogens is 502 g/mol. The van der Waals surface area contributed by atoms with Crippen LogP contribution in [-0.4, -0.2) is 47.6 Å². The first-order valence-electron chi connectivity index (χ1n) is 13.0. The van der Waals surface area contributed by atoms with Gasteiger partial charge >= 0.3 is 5.97 Å². The number of likely N-dealkylation sites (tertiary alicyclic amines) is 1. The fraction of sp³-hybridized carbons (Fsp3) is 0.367. The molecule has 202 valence electrons. The van der Waals surface area contributed by atoms with Gasteiger partial charge in [-0.1, -0.05) is 18.2 Å². The predicted molar refractivity (Wildman–Crippen MR) is 138 cm³/mol. The van der Waals surface area contributed by atoms with E-state index >= 15 is 0 Å². The number of carboxylic acids is 1. The van der Waals surface area contributed by atoms with Gasteiger partial charge in [0.25, 0.3) is 0 Å². The topological polar surface area (TPSA) is 116 Å². The molecule has 2 aromatic carbocycles. The molecule has 39 heavy (non-hydrogen) atoms. The maximum atomic E-state index is 14.5. The van der Waals surface area contributed by atoms with Crippen LogP contribution in [0, 0.1) is 25.7 Å². The van der Waals surface area contributed by atoms with Gasteiger partial charge in [-0.15, -0.1) is 0 Å². The molecule has 4 unspecified atom stereocenters. The van der Waals surface area contributed by atoms with Crippen LogP contribution in [-0.2, 0) is 9.59 Å². The van der Waals surface area contributed by atoms with Crippen LogP contribution in [0.5, 0.6) is 17.2 Å². The third-order valence-electron chi connectivity index (χ3n) is 7.95. The molecule has 9 nitrogen and oxygen atoms in total. The van der Waals surface area contributed by atoms with Crippen molar-refractivity contribution >= 4 is 17.7 Å². The van der Waals surface area contributed by atoms with Gasteiger partial charge in [-0.25, -0.2) is 4.79 Å². The van der Waals surface area contributed by atoms with E-state index in [9.17, 15) is 19.5 Å². The number of carbonyl (C=O) groups is 3. The summed E-state index contributed by atoms with van der Waals surface area (Å²) >= 11 is 0. The monoisotopic (exact) mass is 531 g/mol. The van der Waals surface area contributed by atoms with E-state index < -0.39 is 29.9 Å². The molecule has 1 aliphatic carbocycles. The summed E-state index contributed by atoms with van der Waals surface area (Å²) in [6, 6.07) is 11.9. The van der Waals surface area contributed by atoms with E-state index in [1.165, 1.54) is 4.90 Å². The summed E-state index contributed by atoms with van der Waals surface area (Å²) in [6.45, 7) is 3.54. The van der Waals surface area contributed by atoms with Crippen molar-refractivity contribution in [2.24, 2.45) is 11.8 Å². The van der Waals surface area contributed by atoms with Crippen molar-refractivity contribution in [2.75, 3.05) is 13.9 Å². The number of nitrogens with zero attached hydrogens (tertiary/aromatic N) is 1. The minimum absolute atomic E-state index is 0.0657. The molecule has 2 aliphatic heterocycles. The number of hydrogen-bond acceptors (Lipinski definition) is 7. The molecule has 3 aliphatic rings. The van der Waals surface area contributed by atoms with Crippen LogP contribution in [0.1, 0.15) is 57.8 Å². The van der Waals surface area contributed by atoms with Gasteiger partial charge < -0.3 is 28.6 Å². The van der Waals surface area contributed by atoms with Crippen molar-refractivity contribution in [3.8, 4) is 17.2 Å². The van der Waals surface area contributed by atoms with Gasteiger partial charge in [0.15, 0.2) is 17.3 Å². The maximum absolute atomic E-state index is 14.5. The number of ether oxygens (including phenoxy) is 3. The summed E-state index contributed by atoms with van der Waals surface area (Å²) in [5, 5.41) is 10.6. The van der Waals surface area contributed by atoms with Gasteiger partial charge in [0.05, 0.1) is 24.6 Å². The van der Waals surface area contributed by atoms with Crippen LogP contribution in [0.4, 0.5) is 0 Å². The second kappa shape index (κ2) is 9.48. The quantitative estimate of drug-likeness (QED) is 0.438. The molecule has 1 amide bonds. The Labute approximate surface area is 225 Å². The molecule has 1 N–H and O–H groups in total. The number of rotatable bonds is 7. The SMILES string of the molecule is COc1ccc(C2C(C(=O)c3cc(C)oc3C)C(c3ccc4c(c3)OCO4)N(C(=O)C3CC3)C2C(=O)O)cc1. The molecule has 9 heteroatoms. The lowest BCUT2D eigenvalue weighted by molar-refractivity contribution is -0.150. The van der Waals surface area contributed by atoms with E-state index in [1.807, 2.05) is 0 Å². The molecule has 6 rings (SSSR count). The standard InChI is InChI=1S/C30H29NO8/c1-15-12-21(16(2)39-15)28(32)25-24(17-6-9-20(36-3)10-7-17)27(30(34)35)31(29(33)18-4-5-18)26(25)19-8-11-22-23(13-19)38-14-37-22/h6-13,18,24-27H,4-5,14H2,1-3H3,(H,34,35). The summed E-state index contributed by atoms with van der Waals surface area (Å²) in [6.07, 6.45) is 1.39. The zero-order valence-electron chi connectivity index (χ0n) is 21.9. The Morgan fingerprint density at radius 3 is 2.26 bits per heavy atom. The molecule has 0 spiro atoms. The molecule has 1 aromatic heterocycles. The first-order chi connectivity index (χ1) is 18.8. The number of carboxylic acid groups (broad SMARTS) is 1. The molecule has 2 fully saturated rings. The highest BCUT2D eigenvalue weighted by atomic mass is 16.7. The van der Waals surface area contributed by atoms with E-state index in [2.05, 4.69) is 0 Å². The van der Waals surface area contributed by atoms with Crippen LogP contribution >= 0.6 is 0 Å². The second-order valence-corrected chi connectivity index (χ2v) is 10.4. The molecule has 1 saturated carbocycles. The molecule has 4 atom stereocenters. The van der Waals surface area contributed by atoms with Crippen molar-refractivity contribution in [1.29, 1.82) is 0 Å². The van der Waals surface area contributed by atoms with E-state index in [-0.39, 0.29) is 24.4 Å². The Balaban J connectivity index is 1.58. The molecule has 0 radical (unpaired) electrons. The van der Waals surface area contributed by atoms with Crippen LogP contribution in [0.3, 0.4) is 0 Å². The highest BCUT2D eigenvalue weighted by Gasteiger charge is 2.59. The van der Waals surface area contributed by atoms with Crippen LogP contribution < -0.4 is 14.2 Å². The minimum Gasteiger partial charge on any atom is -0.497 e. The van der Waals surface area contributed by atoms with Gasteiger partial charge in [-0.3, -0.25) is 9.59 Å². The third-order valence-corrected chi connectivity index (χ3v) is 7.95. The number of benzene rings is 2. The van der Waals surface area contributed by atoms with Gasteiger partial charge in [0.1, 0.15) is 23.3 Å². The average molecular weight is 532 g/mol. The third kappa shape index (κ3) is 4.22. The Morgan fingerprint density at radius 1 is 0.949 bits per heavy atom. The number of aliphatic carboxylic acids is 1. The van der Waals surface area contributed by atoms with Gasteiger partial charge in [0.2, 0.25) is 12.7 Å². The minimum atomic E-state index is -1.26. The molecule has 3 aromatic rings. The highest BCUT2D eigenvalue weighted by molar-refractivity contribution is 6.02. The molecule has 1 saturated heterocycles. The first-order valence-corrected chi connectivity index (χ1v) is 13.0.